The van der Waals surface area contributed by atoms with E-state index < -0.39 is 0 Å². The summed E-state index contributed by atoms with van der Waals surface area (Å²) in [7, 11) is 1.58. The van der Waals surface area contributed by atoms with Crippen LogP contribution in [0.25, 0.3) is 0 Å². The van der Waals surface area contributed by atoms with Gasteiger partial charge >= 0.3 is 0 Å². The molecule has 1 heterocycles. The number of rotatable bonds is 8. The first-order chi connectivity index (χ1) is 17.2. The number of benzene rings is 3. The van der Waals surface area contributed by atoms with Crippen LogP contribution in [-0.2, 0) is 13.2 Å². The summed E-state index contributed by atoms with van der Waals surface area (Å²) in [5.41, 5.74) is 4.18. The Hall–Kier alpha value is -3.19. The smallest absolute Gasteiger partial charge is 0.256 e. The third-order valence-electron chi connectivity index (χ3n) is 5.55. The number of methoxy groups -OCH3 is 1. The predicted octanol–water partition coefficient (Wildman–Crippen LogP) is 7.35. The lowest BCUT2D eigenvalue weighted by atomic mass is 10.1. The van der Waals surface area contributed by atoms with Crippen LogP contribution in [0.1, 0.15) is 32.6 Å². The Balaban J connectivity index is 1.48. The summed E-state index contributed by atoms with van der Waals surface area (Å²) in [6.07, 6.45) is 1.64. The number of carbonyl (C=O) groups excluding carboxylic acids is 1. The van der Waals surface area contributed by atoms with Crippen molar-refractivity contribution < 1.29 is 14.3 Å². The molecule has 0 saturated carbocycles. The fourth-order valence-electron chi connectivity index (χ4n) is 3.62. The molecule has 0 saturated heterocycles. The molecule has 3 aromatic carbocycles. The van der Waals surface area contributed by atoms with Crippen LogP contribution in [0.15, 0.2) is 60.8 Å². The number of nitrogens with zero attached hydrogens (tertiary/aromatic N) is 2. The number of anilines is 1. The molecule has 0 aliphatic carbocycles. The van der Waals surface area contributed by atoms with Crippen molar-refractivity contribution in [1.82, 2.24) is 9.78 Å². The van der Waals surface area contributed by atoms with Crippen LogP contribution in [0.5, 0.6) is 11.5 Å². The molecule has 0 aliphatic heterocycles. The minimum Gasteiger partial charge on any atom is -0.496 e. The van der Waals surface area contributed by atoms with E-state index in [0.29, 0.717) is 32.9 Å². The van der Waals surface area contributed by atoms with Crippen molar-refractivity contribution in [3.63, 3.8) is 0 Å². The van der Waals surface area contributed by atoms with Crippen molar-refractivity contribution in [2.75, 3.05) is 12.4 Å². The molecule has 0 radical (unpaired) electrons. The number of halogens is 3. The van der Waals surface area contributed by atoms with Crippen molar-refractivity contribution in [3.05, 3.63) is 104 Å². The van der Waals surface area contributed by atoms with Crippen molar-refractivity contribution in [2.24, 2.45) is 0 Å². The normalized spacial score (nSPS) is 10.8. The fourth-order valence-corrected chi connectivity index (χ4v) is 4.14. The molecule has 0 atom stereocenters. The van der Waals surface area contributed by atoms with E-state index in [-0.39, 0.29) is 18.3 Å². The molecule has 4 rings (SSSR count). The van der Waals surface area contributed by atoms with Crippen LogP contribution < -0.4 is 14.8 Å². The Morgan fingerprint density at radius 3 is 2.50 bits per heavy atom. The second-order valence-corrected chi connectivity index (χ2v) is 9.53. The van der Waals surface area contributed by atoms with Gasteiger partial charge < -0.3 is 14.8 Å². The number of hydrogen-bond acceptors (Lipinski definition) is 4. The summed E-state index contributed by atoms with van der Waals surface area (Å²) in [5, 5.41) is 8.43. The fraction of sp³-hybridized carbons (Fsp3) is 0.185. The van der Waals surface area contributed by atoms with Gasteiger partial charge in [-0.25, -0.2) is 0 Å². The molecule has 1 N–H and O–H groups in total. The Bertz CT molecular complexity index is 1420. The number of carbonyl (C=O) groups is 1. The summed E-state index contributed by atoms with van der Waals surface area (Å²) < 4.78 is 13.1. The molecule has 36 heavy (non-hydrogen) atoms. The van der Waals surface area contributed by atoms with Gasteiger partial charge in [0.25, 0.3) is 5.91 Å². The van der Waals surface area contributed by atoms with E-state index in [1.165, 1.54) is 0 Å². The van der Waals surface area contributed by atoms with Gasteiger partial charge in [-0.1, -0.05) is 53.0 Å². The zero-order chi connectivity index (χ0) is 25.8. The lowest BCUT2D eigenvalue weighted by Gasteiger charge is -2.14. The maximum absolute atomic E-state index is 13.0. The van der Waals surface area contributed by atoms with Gasteiger partial charge in [0.1, 0.15) is 23.1 Å². The van der Waals surface area contributed by atoms with E-state index in [9.17, 15) is 4.79 Å². The second kappa shape index (κ2) is 11.2. The number of nitrogens with one attached hydrogen (secondary N) is 1. The van der Waals surface area contributed by atoms with Crippen LogP contribution in [-0.4, -0.2) is 22.8 Å². The second-order valence-electron chi connectivity index (χ2n) is 8.31. The quantitative estimate of drug-likeness (QED) is 0.252. The van der Waals surface area contributed by atoms with E-state index in [2.05, 4.69) is 10.4 Å². The van der Waals surface area contributed by atoms with E-state index in [4.69, 9.17) is 44.3 Å². The molecule has 1 amide bonds. The largest absolute Gasteiger partial charge is 0.496 e. The molecule has 0 aliphatic rings. The zero-order valence-corrected chi connectivity index (χ0v) is 22.2. The van der Waals surface area contributed by atoms with Crippen molar-refractivity contribution in [3.8, 4) is 11.5 Å². The van der Waals surface area contributed by atoms with Crippen molar-refractivity contribution in [2.45, 2.75) is 27.0 Å². The number of aromatic nitrogens is 2. The third-order valence-corrected chi connectivity index (χ3v) is 6.56. The number of hydrogen-bond donors (Lipinski definition) is 1. The average Bonchev–Trinajstić information content (AvgIpc) is 3.19. The minimum atomic E-state index is -0.354. The summed E-state index contributed by atoms with van der Waals surface area (Å²) in [4.78, 5) is 13.0. The molecule has 9 heteroatoms. The van der Waals surface area contributed by atoms with Gasteiger partial charge in [-0.3, -0.25) is 9.48 Å². The number of ether oxygens (including phenoxy) is 2. The highest BCUT2D eigenvalue weighted by Crippen LogP contribution is 2.27. The maximum Gasteiger partial charge on any atom is 0.256 e. The Morgan fingerprint density at radius 1 is 0.944 bits per heavy atom. The maximum atomic E-state index is 13.0. The van der Waals surface area contributed by atoms with Gasteiger partial charge in [-0.15, -0.1) is 0 Å². The highest BCUT2D eigenvalue weighted by Gasteiger charge is 2.16. The predicted molar refractivity (Wildman–Crippen MR) is 144 cm³/mol. The lowest BCUT2D eigenvalue weighted by Crippen LogP contribution is -2.14. The van der Waals surface area contributed by atoms with Crippen molar-refractivity contribution >= 4 is 46.5 Å². The topological polar surface area (TPSA) is 65.4 Å². The minimum absolute atomic E-state index is 0.244. The van der Waals surface area contributed by atoms with E-state index in [1.807, 2.05) is 38.1 Å². The van der Waals surface area contributed by atoms with Gasteiger partial charge in [0.2, 0.25) is 0 Å². The third kappa shape index (κ3) is 6.13. The molecule has 1 aromatic heterocycles. The molecule has 0 spiro atoms. The molecule has 186 valence electrons. The van der Waals surface area contributed by atoms with E-state index in [1.54, 1.807) is 48.3 Å². The molecular weight excluding hydrogens is 521 g/mol. The molecule has 0 fully saturated rings. The molecule has 0 bridgehead atoms. The van der Waals surface area contributed by atoms with Crippen LogP contribution in [0, 0.1) is 13.8 Å². The first-order valence-corrected chi connectivity index (χ1v) is 12.2. The highest BCUT2D eigenvalue weighted by molar-refractivity contribution is 6.42. The molecule has 6 nitrogen and oxygen atoms in total. The Kier molecular flexibility index (Phi) is 8.09. The SMILES string of the molecule is COc1ccc(C(=O)Nc2nn(Cc3ccc(Cl)c(Cl)c3)cc2Cl)cc1COc1cc(C)ccc1C. The van der Waals surface area contributed by atoms with Crippen molar-refractivity contribution in [1.29, 1.82) is 0 Å². The van der Waals surface area contributed by atoms with Crippen LogP contribution >= 0.6 is 34.8 Å². The first kappa shape index (κ1) is 25.9. The van der Waals surface area contributed by atoms with Crippen LogP contribution in [0.4, 0.5) is 5.82 Å². The standard InChI is InChI=1S/C27H24Cl3N3O3/c1-16-4-5-17(2)25(10-16)36-15-20-12-19(7-9-24(20)35-3)27(34)31-26-23(30)14-33(32-26)13-18-6-8-21(28)22(29)11-18/h4-12,14H,13,15H2,1-3H3,(H,31,32,34). The van der Waals surface area contributed by atoms with Crippen LogP contribution in [0.2, 0.25) is 15.1 Å². The van der Waals surface area contributed by atoms with Gasteiger partial charge in [-0.2, -0.15) is 5.10 Å². The monoisotopic (exact) mass is 543 g/mol. The molecule has 4 aromatic rings. The zero-order valence-electron chi connectivity index (χ0n) is 19.9. The van der Waals surface area contributed by atoms with Gasteiger partial charge in [0.05, 0.1) is 23.7 Å². The van der Waals surface area contributed by atoms with Gasteiger partial charge in [-0.05, 0) is 66.9 Å². The Labute approximate surface area is 224 Å². The summed E-state index contributed by atoms with van der Waals surface area (Å²) in [6, 6.07) is 16.5. The molecular formula is C27H24Cl3N3O3. The summed E-state index contributed by atoms with van der Waals surface area (Å²) in [6.45, 7) is 4.65. The lowest BCUT2D eigenvalue weighted by molar-refractivity contribution is 0.102. The van der Waals surface area contributed by atoms with Gasteiger partial charge in [0.15, 0.2) is 5.82 Å². The van der Waals surface area contributed by atoms with E-state index in [0.717, 1.165) is 28.0 Å². The van der Waals surface area contributed by atoms with Crippen LogP contribution in [0.3, 0.4) is 0 Å². The van der Waals surface area contributed by atoms with Gasteiger partial charge in [0, 0.05) is 17.3 Å². The molecule has 0 unspecified atom stereocenters. The van der Waals surface area contributed by atoms with E-state index >= 15 is 0 Å². The number of amides is 1. The first-order valence-electron chi connectivity index (χ1n) is 11.1. The average molecular weight is 545 g/mol. The summed E-state index contributed by atoms with van der Waals surface area (Å²) in [5.74, 6) is 1.31. The summed E-state index contributed by atoms with van der Waals surface area (Å²) >= 11 is 18.4. The number of aryl methyl sites for hydroxylation is 2. The Morgan fingerprint density at radius 2 is 1.75 bits per heavy atom. The highest BCUT2D eigenvalue weighted by atomic mass is 35.5.